The fourth-order valence-electron chi connectivity index (χ4n) is 2.03. The minimum atomic E-state index is 0.362. The van der Waals surface area contributed by atoms with Crippen molar-refractivity contribution in [1.82, 2.24) is 20.8 Å². The number of aliphatic imine (C=N–C) groups is 1. The first-order valence-corrected chi connectivity index (χ1v) is 8.06. The summed E-state index contributed by atoms with van der Waals surface area (Å²) in [6.45, 7) is 8.28. The van der Waals surface area contributed by atoms with Gasteiger partial charge in [-0.05, 0) is 25.0 Å². The number of pyridine rings is 1. The Morgan fingerprint density at radius 3 is 2.83 bits per heavy atom. The van der Waals surface area contributed by atoms with E-state index in [1.807, 2.05) is 37.4 Å². The Labute approximate surface area is 137 Å². The van der Waals surface area contributed by atoms with Crippen LogP contribution in [0, 0.1) is 0 Å². The van der Waals surface area contributed by atoms with Gasteiger partial charge >= 0.3 is 0 Å². The van der Waals surface area contributed by atoms with E-state index in [4.69, 9.17) is 4.52 Å². The Hall–Kier alpha value is -2.37. The monoisotopic (exact) mass is 315 g/mol. The first kappa shape index (κ1) is 17.0. The van der Waals surface area contributed by atoms with Crippen LogP contribution in [-0.2, 0) is 13.0 Å². The lowest BCUT2D eigenvalue weighted by Gasteiger charge is -2.10. The van der Waals surface area contributed by atoms with Crippen molar-refractivity contribution in [3.8, 4) is 0 Å². The smallest absolute Gasteiger partial charge is 0.191 e. The van der Waals surface area contributed by atoms with Crippen LogP contribution in [0.3, 0.4) is 0 Å². The molecule has 0 aliphatic carbocycles. The minimum absolute atomic E-state index is 0.362. The Kier molecular flexibility index (Phi) is 6.59. The van der Waals surface area contributed by atoms with Crippen molar-refractivity contribution in [2.24, 2.45) is 4.99 Å². The normalized spacial score (nSPS) is 11.7. The topological polar surface area (TPSA) is 75.3 Å². The van der Waals surface area contributed by atoms with Crippen LogP contribution in [0.25, 0.3) is 0 Å². The maximum absolute atomic E-state index is 5.31. The van der Waals surface area contributed by atoms with E-state index in [1.54, 1.807) is 0 Å². The summed E-state index contributed by atoms with van der Waals surface area (Å²) in [4.78, 5) is 8.84. The molecule has 0 aliphatic rings. The van der Waals surface area contributed by atoms with E-state index in [0.29, 0.717) is 12.5 Å². The molecule has 0 unspecified atom stereocenters. The second kappa shape index (κ2) is 8.92. The largest absolute Gasteiger partial charge is 0.359 e. The summed E-state index contributed by atoms with van der Waals surface area (Å²) >= 11 is 0. The van der Waals surface area contributed by atoms with Gasteiger partial charge in [0.2, 0.25) is 0 Å². The molecular formula is C17H25N5O. The lowest BCUT2D eigenvalue weighted by molar-refractivity contribution is 0.376. The van der Waals surface area contributed by atoms with Crippen LogP contribution in [0.15, 0.2) is 40.0 Å². The Balaban J connectivity index is 1.86. The molecule has 0 saturated heterocycles. The van der Waals surface area contributed by atoms with E-state index in [0.717, 1.165) is 42.6 Å². The van der Waals surface area contributed by atoms with Crippen LogP contribution in [0.4, 0.5) is 0 Å². The Morgan fingerprint density at radius 2 is 2.17 bits per heavy atom. The second-order valence-electron chi connectivity index (χ2n) is 5.57. The molecule has 0 spiro atoms. The third kappa shape index (κ3) is 5.73. The SMILES string of the molecule is CCNC(=NCc1cc(C(C)C)no1)NCCc1ccccn1. The van der Waals surface area contributed by atoms with Crippen molar-refractivity contribution >= 4 is 5.96 Å². The Morgan fingerprint density at radius 1 is 1.30 bits per heavy atom. The summed E-state index contributed by atoms with van der Waals surface area (Å²) in [6.07, 6.45) is 2.66. The summed E-state index contributed by atoms with van der Waals surface area (Å²) in [5, 5.41) is 10.6. The van der Waals surface area contributed by atoms with Crippen molar-refractivity contribution in [2.75, 3.05) is 13.1 Å². The van der Waals surface area contributed by atoms with Gasteiger partial charge in [0.1, 0.15) is 6.54 Å². The molecule has 23 heavy (non-hydrogen) atoms. The molecule has 0 aromatic carbocycles. The van der Waals surface area contributed by atoms with Gasteiger partial charge in [-0.1, -0.05) is 25.1 Å². The molecule has 0 bridgehead atoms. The highest BCUT2D eigenvalue weighted by molar-refractivity contribution is 5.79. The van der Waals surface area contributed by atoms with E-state index in [9.17, 15) is 0 Å². The number of hydrogen-bond acceptors (Lipinski definition) is 4. The number of rotatable bonds is 7. The number of nitrogens with zero attached hydrogens (tertiary/aromatic N) is 3. The molecule has 0 amide bonds. The maximum Gasteiger partial charge on any atom is 0.191 e. The summed E-state index contributed by atoms with van der Waals surface area (Å²) in [5.74, 6) is 1.91. The number of nitrogens with one attached hydrogen (secondary N) is 2. The molecule has 2 aromatic rings. The molecule has 2 heterocycles. The average Bonchev–Trinajstić information content (AvgIpc) is 3.03. The molecule has 0 atom stereocenters. The summed E-state index contributed by atoms with van der Waals surface area (Å²) < 4.78 is 5.31. The van der Waals surface area contributed by atoms with E-state index in [-0.39, 0.29) is 0 Å². The van der Waals surface area contributed by atoms with Crippen molar-refractivity contribution in [3.63, 3.8) is 0 Å². The molecule has 6 heteroatoms. The third-order valence-electron chi connectivity index (χ3n) is 3.31. The highest BCUT2D eigenvalue weighted by Gasteiger charge is 2.07. The van der Waals surface area contributed by atoms with Gasteiger partial charge in [0.05, 0.1) is 5.69 Å². The quantitative estimate of drug-likeness (QED) is 0.606. The molecule has 6 nitrogen and oxygen atoms in total. The highest BCUT2D eigenvalue weighted by Crippen LogP contribution is 2.14. The molecule has 0 fully saturated rings. The van der Waals surface area contributed by atoms with Gasteiger partial charge in [-0.3, -0.25) is 4.98 Å². The van der Waals surface area contributed by atoms with Crippen molar-refractivity contribution in [1.29, 1.82) is 0 Å². The fraction of sp³-hybridized carbons (Fsp3) is 0.471. The van der Waals surface area contributed by atoms with E-state index >= 15 is 0 Å². The maximum atomic E-state index is 5.31. The second-order valence-corrected chi connectivity index (χ2v) is 5.57. The van der Waals surface area contributed by atoms with Crippen LogP contribution in [0.2, 0.25) is 0 Å². The van der Waals surface area contributed by atoms with Gasteiger partial charge in [-0.25, -0.2) is 4.99 Å². The molecule has 0 radical (unpaired) electrons. The van der Waals surface area contributed by atoms with Crippen LogP contribution in [-0.4, -0.2) is 29.2 Å². The summed E-state index contributed by atoms with van der Waals surface area (Å²) in [7, 11) is 0. The van der Waals surface area contributed by atoms with Crippen molar-refractivity contribution in [2.45, 2.75) is 39.7 Å². The zero-order valence-electron chi connectivity index (χ0n) is 14.0. The van der Waals surface area contributed by atoms with Gasteiger partial charge in [-0.2, -0.15) is 0 Å². The lowest BCUT2D eigenvalue weighted by atomic mass is 10.1. The van der Waals surface area contributed by atoms with Crippen molar-refractivity contribution in [3.05, 3.63) is 47.6 Å². The minimum Gasteiger partial charge on any atom is -0.359 e. The highest BCUT2D eigenvalue weighted by atomic mass is 16.5. The van der Waals surface area contributed by atoms with Crippen LogP contribution >= 0.6 is 0 Å². The van der Waals surface area contributed by atoms with Gasteiger partial charge in [0.15, 0.2) is 11.7 Å². The molecule has 0 saturated carbocycles. The molecule has 2 aromatic heterocycles. The standard InChI is InChI=1S/C17H25N5O/c1-4-18-17(20-10-8-14-7-5-6-9-19-14)21-12-15-11-16(13(2)3)22-23-15/h5-7,9,11,13H,4,8,10,12H2,1-3H3,(H2,18,20,21). The predicted octanol–water partition coefficient (Wildman–Crippen LogP) is 2.49. The zero-order chi connectivity index (χ0) is 16.5. The van der Waals surface area contributed by atoms with Gasteiger partial charge in [0.25, 0.3) is 0 Å². The zero-order valence-corrected chi connectivity index (χ0v) is 14.0. The van der Waals surface area contributed by atoms with Gasteiger partial charge in [-0.15, -0.1) is 0 Å². The summed E-state index contributed by atoms with van der Waals surface area (Å²) in [6, 6.07) is 7.91. The summed E-state index contributed by atoms with van der Waals surface area (Å²) in [5.41, 5.74) is 2.02. The van der Waals surface area contributed by atoms with Crippen LogP contribution in [0.5, 0.6) is 0 Å². The first-order chi connectivity index (χ1) is 11.2. The Bertz CT molecular complexity index is 606. The van der Waals surface area contributed by atoms with Crippen LogP contribution < -0.4 is 10.6 Å². The average molecular weight is 315 g/mol. The van der Waals surface area contributed by atoms with Gasteiger partial charge in [0, 0.05) is 37.5 Å². The van der Waals surface area contributed by atoms with Crippen LogP contribution in [0.1, 0.15) is 43.8 Å². The molecule has 124 valence electrons. The first-order valence-electron chi connectivity index (χ1n) is 8.06. The molecule has 2 N–H and O–H groups in total. The molecule has 2 rings (SSSR count). The molecular weight excluding hydrogens is 290 g/mol. The van der Waals surface area contributed by atoms with E-state index in [2.05, 4.69) is 39.6 Å². The fourth-order valence-corrected chi connectivity index (χ4v) is 2.03. The molecule has 0 aliphatic heterocycles. The lowest BCUT2D eigenvalue weighted by Crippen LogP contribution is -2.38. The van der Waals surface area contributed by atoms with Gasteiger partial charge < -0.3 is 15.2 Å². The van der Waals surface area contributed by atoms with E-state index < -0.39 is 0 Å². The number of hydrogen-bond donors (Lipinski definition) is 2. The predicted molar refractivity (Wildman–Crippen MR) is 91.4 cm³/mol. The van der Waals surface area contributed by atoms with E-state index in [1.165, 1.54) is 0 Å². The number of aromatic nitrogens is 2. The number of guanidine groups is 1. The third-order valence-corrected chi connectivity index (χ3v) is 3.31. The van der Waals surface area contributed by atoms with Crippen molar-refractivity contribution < 1.29 is 4.52 Å².